The molecule has 0 bridgehead atoms. The standard InChI is InChI=1S/C30H31F3O3/c1-3-5-7-20-18-35-30(36-19-20)25-13-12-23(17-26(25)31)21-8-10-22(11-9-21)24-14-15-27(29(33)28(24)32)34-16-6-4-2/h3,8-15,17,20,30H,1,4-7,16,18-19H2,2H3. The zero-order valence-electron chi connectivity index (χ0n) is 20.4. The molecular weight excluding hydrogens is 465 g/mol. The third-order valence-electron chi connectivity index (χ3n) is 6.33. The Morgan fingerprint density at radius 2 is 1.61 bits per heavy atom. The second-order valence-electron chi connectivity index (χ2n) is 8.99. The molecule has 1 saturated heterocycles. The fourth-order valence-electron chi connectivity index (χ4n) is 4.18. The van der Waals surface area contributed by atoms with E-state index in [0.29, 0.717) is 36.5 Å². The van der Waals surface area contributed by atoms with Crippen LogP contribution in [0.25, 0.3) is 22.3 Å². The van der Waals surface area contributed by atoms with E-state index in [1.165, 1.54) is 18.2 Å². The van der Waals surface area contributed by atoms with E-state index in [9.17, 15) is 13.2 Å². The van der Waals surface area contributed by atoms with Crippen molar-refractivity contribution in [2.24, 2.45) is 5.92 Å². The number of benzene rings is 3. The zero-order valence-corrected chi connectivity index (χ0v) is 20.4. The van der Waals surface area contributed by atoms with Crippen LogP contribution in [-0.4, -0.2) is 19.8 Å². The molecule has 0 radical (unpaired) electrons. The van der Waals surface area contributed by atoms with E-state index < -0.39 is 23.7 Å². The number of ether oxygens (including phenoxy) is 3. The minimum atomic E-state index is -0.996. The van der Waals surface area contributed by atoms with E-state index in [1.807, 2.05) is 13.0 Å². The van der Waals surface area contributed by atoms with Gasteiger partial charge < -0.3 is 14.2 Å². The molecule has 36 heavy (non-hydrogen) atoms. The van der Waals surface area contributed by atoms with E-state index in [4.69, 9.17) is 14.2 Å². The van der Waals surface area contributed by atoms with Crippen LogP contribution in [0.2, 0.25) is 0 Å². The van der Waals surface area contributed by atoms with Gasteiger partial charge in [0.2, 0.25) is 5.82 Å². The lowest BCUT2D eigenvalue weighted by Gasteiger charge is -2.29. The lowest BCUT2D eigenvalue weighted by Crippen LogP contribution is -2.27. The fourth-order valence-corrected chi connectivity index (χ4v) is 4.18. The normalized spacial score (nSPS) is 17.7. The maximum absolute atomic E-state index is 14.9. The molecule has 1 heterocycles. The lowest BCUT2D eigenvalue weighted by molar-refractivity contribution is -0.207. The van der Waals surface area contributed by atoms with Crippen LogP contribution in [0.4, 0.5) is 13.2 Å². The summed E-state index contributed by atoms with van der Waals surface area (Å²) in [6, 6.07) is 14.7. The molecule has 0 aromatic heterocycles. The first kappa shape index (κ1) is 26.0. The highest BCUT2D eigenvalue weighted by Crippen LogP contribution is 2.33. The van der Waals surface area contributed by atoms with Crippen LogP contribution in [0.15, 0.2) is 67.3 Å². The molecule has 1 fully saturated rings. The van der Waals surface area contributed by atoms with Crippen LogP contribution in [0.1, 0.15) is 44.5 Å². The van der Waals surface area contributed by atoms with E-state index in [-0.39, 0.29) is 17.2 Å². The number of rotatable bonds is 10. The Morgan fingerprint density at radius 1 is 0.917 bits per heavy atom. The van der Waals surface area contributed by atoms with Gasteiger partial charge in [-0.3, -0.25) is 0 Å². The topological polar surface area (TPSA) is 27.7 Å². The molecule has 1 aliphatic heterocycles. The first-order valence-electron chi connectivity index (χ1n) is 12.4. The maximum atomic E-state index is 14.9. The number of hydrogen-bond donors (Lipinski definition) is 0. The minimum absolute atomic E-state index is 0.0879. The van der Waals surface area contributed by atoms with Crippen LogP contribution < -0.4 is 4.74 Å². The molecule has 1 aliphatic rings. The Balaban J connectivity index is 1.45. The highest BCUT2D eigenvalue weighted by atomic mass is 19.2. The third kappa shape index (κ3) is 6.00. The van der Waals surface area contributed by atoms with Crippen LogP contribution >= 0.6 is 0 Å². The SMILES string of the molecule is C=CCCC1COC(c2ccc(-c3ccc(-c4ccc(OCCCC)c(F)c4F)cc3)cc2F)OC1. The second-order valence-corrected chi connectivity index (χ2v) is 8.99. The van der Waals surface area contributed by atoms with Crippen LogP contribution in [-0.2, 0) is 9.47 Å². The van der Waals surface area contributed by atoms with Crippen molar-refractivity contribution in [1.82, 2.24) is 0 Å². The number of unbranched alkanes of at least 4 members (excludes halogenated alkanes) is 1. The van der Waals surface area contributed by atoms with Gasteiger partial charge in [0.25, 0.3) is 0 Å². The van der Waals surface area contributed by atoms with Gasteiger partial charge in [0.1, 0.15) is 5.82 Å². The molecule has 3 aromatic rings. The van der Waals surface area contributed by atoms with Crippen molar-refractivity contribution < 1.29 is 27.4 Å². The Morgan fingerprint density at radius 3 is 2.28 bits per heavy atom. The van der Waals surface area contributed by atoms with Gasteiger partial charge in [-0.1, -0.05) is 55.8 Å². The van der Waals surface area contributed by atoms with E-state index in [1.54, 1.807) is 36.4 Å². The van der Waals surface area contributed by atoms with Gasteiger partial charge >= 0.3 is 0 Å². The van der Waals surface area contributed by atoms with Crippen molar-refractivity contribution in [1.29, 1.82) is 0 Å². The maximum Gasteiger partial charge on any atom is 0.201 e. The van der Waals surface area contributed by atoms with Crippen molar-refractivity contribution in [2.75, 3.05) is 19.8 Å². The summed E-state index contributed by atoms with van der Waals surface area (Å²) in [5.41, 5.74) is 2.42. The number of hydrogen-bond acceptors (Lipinski definition) is 3. The van der Waals surface area contributed by atoms with E-state index in [2.05, 4.69) is 6.58 Å². The minimum Gasteiger partial charge on any atom is -0.490 e. The molecule has 4 rings (SSSR count). The summed E-state index contributed by atoms with van der Waals surface area (Å²) in [6.45, 7) is 7.10. The summed E-state index contributed by atoms with van der Waals surface area (Å²) in [4.78, 5) is 0. The molecule has 0 saturated carbocycles. The molecule has 3 aromatic carbocycles. The summed E-state index contributed by atoms with van der Waals surface area (Å²) in [5, 5.41) is 0. The molecule has 0 spiro atoms. The monoisotopic (exact) mass is 496 g/mol. The third-order valence-corrected chi connectivity index (χ3v) is 6.33. The quantitative estimate of drug-likeness (QED) is 0.209. The highest BCUT2D eigenvalue weighted by Gasteiger charge is 2.25. The van der Waals surface area contributed by atoms with Crippen molar-refractivity contribution in [3.63, 3.8) is 0 Å². The fraction of sp³-hybridized carbons (Fsp3) is 0.333. The van der Waals surface area contributed by atoms with Crippen molar-refractivity contribution in [2.45, 2.75) is 38.9 Å². The molecule has 3 nitrogen and oxygen atoms in total. The summed E-state index contributed by atoms with van der Waals surface area (Å²) >= 11 is 0. The van der Waals surface area contributed by atoms with E-state index >= 15 is 0 Å². The van der Waals surface area contributed by atoms with Crippen LogP contribution in [0.3, 0.4) is 0 Å². The molecule has 0 atom stereocenters. The summed E-state index contributed by atoms with van der Waals surface area (Å²) in [6.07, 6.45) is 4.63. The first-order chi connectivity index (χ1) is 17.5. The Hall–Kier alpha value is -3.09. The van der Waals surface area contributed by atoms with Gasteiger partial charge in [-0.25, -0.2) is 8.78 Å². The summed E-state index contributed by atoms with van der Waals surface area (Å²) in [5.74, 6) is -2.17. The molecule has 0 aliphatic carbocycles. The van der Waals surface area contributed by atoms with E-state index in [0.717, 1.165) is 31.2 Å². The van der Waals surface area contributed by atoms with Crippen LogP contribution in [0.5, 0.6) is 5.75 Å². The predicted octanol–water partition coefficient (Wildman–Crippen LogP) is 8.24. The van der Waals surface area contributed by atoms with Gasteiger partial charge in [0, 0.05) is 17.0 Å². The van der Waals surface area contributed by atoms with Gasteiger partial charge in [-0.15, -0.1) is 6.58 Å². The average molecular weight is 497 g/mol. The largest absolute Gasteiger partial charge is 0.490 e. The summed E-state index contributed by atoms with van der Waals surface area (Å²) < 4.78 is 60.9. The predicted molar refractivity (Wildman–Crippen MR) is 135 cm³/mol. The lowest BCUT2D eigenvalue weighted by atomic mass is 9.98. The Labute approximate surface area is 210 Å². The molecule has 6 heteroatoms. The first-order valence-corrected chi connectivity index (χ1v) is 12.4. The summed E-state index contributed by atoms with van der Waals surface area (Å²) in [7, 11) is 0. The zero-order chi connectivity index (χ0) is 25.5. The van der Waals surface area contributed by atoms with Gasteiger partial charge in [-0.05, 0) is 54.2 Å². The smallest absolute Gasteiger partial charge is 0.201 e. The molecule has 0 N–H and O–H groups in total. The Bertz CT molecular complexity index is 1170. The number of halogens is 3. The Kier molecular flexibility index (Phi) is 8.83. The van der Waals surface area contributed by atoms with Crippen molar-refractivity contribution in [3.05, 3.63) is 90.3 Å². The van der Waals surface area contributed by atoms with Gasteiger partial charge in [-0.2, -0.15) is 4.39 Å². The van der Waals surface area contributed by atoms with Gasteiger partial charge in [0.05, 0.1) is 19.8 Å². The highest BCUT2D eigenvalue weighted by molar-refractivity contribution is 5.71. The van der Waals surface area contributed by atoms with Crippen LogP contribution in [0, 0.1) is 23.4 Å². The van der Waals surface area contributed by atoms with Gasteiger partial charge in [0.15, 0.2) is 17.9 Å². The average Bonchev–Trinajstić information content (AvgIpc) is 2.90. The molecule has 0 amide bonds. The molecular formula is C30H31F3O3. The molecule has 190 valence electrons. The number of allylic oxidation sites excluding steroid dienone is 1. The second kappa shape index (κ2) is 12.2. The van der Waals surface area contributed by atoms with Crippen molar-refractivity contribution in [3.8, 4) is 28.0 Å². The molecule has 0 unspecified atom stereocenters. The van der Waals surface area contributed by atoms with Crippen molar-refractivity contribution >= 4 is 0 Å².